The molecule has 0 radical (unpaired) electrons. The van der Waals surface area contributed by atoms with E-state index in [-0.39, 0.29) is 14.5 Å². The molecule has 1 aliphatic rings. The van der Waals surface area contributed by atoms with E-state index >= 15 is 0 Å². The van der Waals surface area contributed by atoms with Crippen LogP contribution in [-0.2, 0) is 0 Å². The minimum absolute atomic E-state index is 0.284. The van der Waals surface area contributed by atoms with Crippen molar-refractivity contribution in [3.63, 3.8) is 0 Å². The summed E-state index contributed by atoms with van der Waals surface area (Å²) in [6, 6.07) is 20.7. The van der Waals surface area contributed by atoms with Gasteiger partial charge < -0.3 is 0 Å². The number of fused-ring (bicyclic) bond motifs is 4. The fraction of sp³-hybridized carbons (Fsp3) is 0.364. The Morgan fingerprint density at radius 1 is 0.886 bits per heavy atom. The molecule has 0 atom stereocenters. The van der Waals surface area contributed by atoms with Gasteiger partial charge in [-0.3, -0.25) is 0 Å². The van der Waals surface area contributed by atoms with E-state index in [1.54, 1.807) is 15.4 Å². The molecule has 0 saturated heterocycles. The molecule has 0 aliphatic heterocycles. The molecule has 2 heterocycles. The van der Waals surface area contributed by atoms with Crippen LogP contribution in [0, 0.1) is 12.3 Å². The maximum atomic E-state index is 4.98. The zero-order valence-electron chi connectivity index (χ0n) is 21.6. The van der Waals surface area contributed by atoms with E-state index in [9.17, 15) is 0 Å². The zero-order valence-corrected chi connectivity index (χ0v) is 23.3. The predicted octanol–water partition coefficient (Wildman–Crippen LogP) is 9.38. The van der Waals surface area contributed by atoms with Crippen LogP contribution < -0.4 is 0 Å². The number of hydrogen-bond acceptors (Lipinski definition) is 1. The fourth-order valence-electron chi connectivity index (χ4n) is 6.23. The van der Waals surface area contributed by atoms with E-state index in [1.165, 1.54) is 68.3 Å². The van der Waals surface area contributed by atoms with Crippen LogP contribution >= 0.6 is 0 Å². The van der Waals surface area contributed by atoms with Crippen LogP contribution in [-0.4, -0.2) is 19.5 Å². The molecule has 6 rings (SSSR count). The molecular formula is C33H35NSe. The molecule has 0 unspecified atom stereocenters. The second-order valence-corrected chi connectivity index (χ2v) is 13.8. The van der Waals surface area contributed by atoms with Crippen LogP contribution in [0.4, 0.5) is 0 Å². The Hall–Kier alpha value is -2.41. The summed E-state index contributed by atoms with van der Waals surface area (Å²) in [4.78, 5) is 4.98. The van der Waals surface area contributed by atoms with Crippen molar-refractivity contribution in [2.45, 2.75) is 72.1 Å². The van der Waals surface area contributed by atoms with Crippen molar-refractivity contribution in [1.82, 2.24) is 4.98 Å². The van der Waals surface area contributed by atoms with E-state index in [4.69, 9.17) is 4.98 Å². The Bertz CT molecular complexity index is 1560. The van der Waals surface area contributed by atoms with Crippen molar-refractivity contribution in [3.05, 3.63) is 77.5 Å². The molecule has 1 nitrogen and oxygen atoms in total. The third-order valence-electron chi connectivity index (χ3n) is 8.41. The molecule has 2 aromatic heterocycles. The third kappa shape index (κ3) is 3.96. The molecule has 178 valence electrons. The van der Waals surface area contributed by atoms with E-state index in [0.717, 1.165) is 5.92 Å². The van der Waals surface area contributed by atoms with Gasteiger partial charge in [-0.15, -0.1) is 0 Å². The van der Waals surface area contributed by atoms with E-state index < -0.39 is 0 Å². The van der Waals surface area contributed by atoms with Crippen LogP contribution in [0.2, 0.25) is 0 Å². The molecule has 0 amide bonds. The maximum absolute atomic E-state index is 4.98. The monoisotopic (exact) mass is 525 g/mol. The molecular weight excluding hydrogens is 489 g/mol. The number of nitrogens with zero attached hydrogens (tertiary/aromatic N) is 1. The SMILES string of the molecule is Cc1c(C2CCC(C)(C)CC2)ccc2c1[se]c1c(-c3cc(C(C)C)c4ccccc4c3)nccc12. The molecule has 1 saturated carbocycles. The van der Waals surface area contributed by atoms with Crippen LogP contribution in [0.5, 0.6) is 0 Å². The average Bonchev–Trinajstić information content (AvgIpc) is 3.24. The summed E-state index contributed by atoms with van der Waals surface area (Å²) in [5, 5.41) is 5.54. The van der Waals surface area contributed by atoms with Crippen molar-refractivity contribution >= 4 is 44.6 Å². The van der Waals surface area contributed by atoms with Gasteiger partial charge in [0.25, 0.3) is 0 Å². The first-order valence-electron chi connectivity index (χ1n) is 13.2. The second-order valence-electron chi connectivity index (χ2n) is 11.7. The van der Waals surface area contributed by atoms with E-state index in [2.05, 4.69) is 89.2 Å². The number of rotatable bonds is 3. The average molecular weight is 525 g/mol. The van der Waals surface area contributed by atoms with Gasteiger partial charge >= 0.3 is 216 Å². The van der Waals surface area contributed by atoms with Crippen LogP contribution in [0.3, 0.4) is 0 Å². The Morgan fingerprint density at radius 2 is 1.63 bits per heavy atom. The minimum atomic E-state index is 0.284. The van der Waals surface area contributed by atoms with Gasteiger partial charge in [0.2, 0.25) is 0 Å². The first-order chi connectivity index (χ1) is 16.8. The Morgan fingerprint density at radius 3 is 2.40 bits per heavy atom. The van der Waals surface area contributed by atoms with Gasteiger partial charge in [-0.2, -0.15) is 0 Å². The summed E-state index contributed by atoms with van der Waals surface area (Å²) < 4.78 is 3.05. The molecule has 1 aliphatic carbocycles. The molecule has 0 N–H and O–H groups in total. The van der Waals surface area contributed by atoms with Gasteiger partial charge in [-0.25, -0.2) is 0 Å². The first kappa shape index (κ1) is 23.0. The summed E-state index contributed by atoms with van der Waals surface area (Å²) in [6.07, 6.45) is 7.36. The second kappa shape index (κ2) is 8.61. The molecule has 35 heavy (non-hydrogen) atoms. The zero-order chi connectivity index (χ0) is 24.3. The quantitative estimate of drug-likeness (QED) is 0.214. The Kier molecular flexibility index (Phi) is 5.66. The summed E-state index contributed by atoms with van der Waals surface area (Å²) in [5.41, 5.74) is 7.54. The summed E-state index contributed by atoms with van der Waals surface area (Å²) in [7, 11) is 0. The van der Waals surface area contributed by atoms with Gasteiger partial charge in [0.15, 0.2) is 0 Å². The van der Waals surface area contributed by atoms with Crippen molar-refractivity contribution in [1.29, 1.82) is 0 Å². The molecule has 1 fully saturated rings. The molecule has 0 bridgehead atoms. The fourth-order valence-corrected chi connectivity index (χ4v) is 8.99. The van der Waals surface area contributed by atoms with Gasteiger partial charge in [0, 0.05) is 0 Å². The molecule has 2 heteroatoms. The van der Waals surface area contributed by atoms with Crippen molar-refractivity contribution in [2.75, 3.05) is 0 Å². The topological polar surface area (TPSA) is 12.9 Å². The number of aromatic nitrogens is 1. The number of aryl methyl sites for hydroxylation is 1. The molecule has 3 aromatic carbocycles. The van der Waals surface area contributed by atoms with Crippen LogP contribution in [0.1, 0.15) is 81.9 Å². The van der Waals surface area contributed by atoms with Crippen LogP contribution in [0.15, 0.2) is 60.8 Å². The Balaban J connectivity index is 1.52. The van der Waals surface area contributed by atoms with Crippen molar-refractivity contribution in [2.24, 2.45) is 5.41 Å². The Labute approximate surface area is 215 Å². The van der Waals surface area contributed by atoms with Gasteiger partial charge in [0.05, 0.1) is 0 Å². The summed E-state index contributed by atoms with van der Waals surface area (Å²) in [5.74, 6) is 1.20. The van der Waals surface area contributed by atoms with Crippen LogP contribution in [0.25, 0.3) is 41.3 Å². The first-order valence-corrected chi connectivity index (χ1v) is 14.9. The van der Waals surface area contributed by atoms with Crippen molar-refractivity contribution in [3.8, 4) is 11.3 Å². The van der Waals surface area contributed by atoms with E-state index in [1.807, 2.05) is 6.20 Å². The predicted molar refractivity (Wildman–Crippen MR) is 153 cm³/mol. The number of hydrogen-bond donors (Lipinski definition) is 0. The van der Waals surface area contributed by atoms with Crippen molar-refractivity contribution < 1.29 is 0 Å². The van der Waals surface area contributed by atoms with Gasteiger partial charge in [-0.1, -0.05) is 0 Å². The summed E-state index contributed by atoms with van der Waals surface area (Å²) >= 11 is 0.284. The normalized spacial score (nSPS) is 16.6. The number of benzene rings is 3. The summed E-state index contributed by atoms with van der Waals surface area (Å²) in [6.45, 7) is 11.9. The van der Waals surface area contributed by atoms with E-state index in [0.29, 0.717) is 11.3 Å². The third-order valence-corrected chi connectivity index (χ3v) is 11.2. The standard InChI is InChI=1S/C33H35NSe/c1-20(2)29-19-24(18-23-8-6-7-9-26(23)29)30-32-28(14-17-34-30)27-11-10-25(21(3)31(27)35-32)22-12-15-33(4,5)16-13-22/h6-11,14,17-20,22H,12-13,15-16H2,1-5H3. The molecule has 0 spiro atoms. The molecule has 5 aromatic rings. The van der Waals surface area contributed by atoms with Gasteiger partial charge in [-0.05, 0) is 0 Å². The number of pyridine rings is 1. The van der Waals surface area contributed by atoms with Gasteiger partial charge in [0.1, 0.15) is 0 Å².